The molecule has 2 heterocycles. The average Bonchev–Trinajstić information content (AvgIpc) is 2.58. The molecule has 0 aromatic carbocycles. The fraction of sp³-hybridized carbons (Fsp3) is 0.250. The predicted molar refractivity (Wildman–Crippen MR) is 89.8 cm³/mol. The number of aromatic nitrogens is 2. The van der Waals surface area contributed by atoms with E-state index in [9.17, 15) is 9.59 Å². The molecule has 0 radical (unpaired) electrons. The van der Waals surface area contributed by atoms with Crippen molar-refractivity contribution in [3.8, 4) is 0 Å². The number of hydrogen-bond acceptors (Lipinski definition) is 6. The molecule has 2 rings (SSSR count). The second kappa shape index (κ2) is 11.4. The van der Waals surface area contributed by atoms with E-state index < -0.39 is 12.2 Å². The second-order valence-electron chi connectivity index (χ2n) is 4.15. The molecule has 0 fully saturated rings. The maximum absolute atomic E-state index is 10.9. The van der Waals surface area contributed by atoms with E-state index in [1.165, 1.54) is 0 Å². The van der Waals surface area contributed by atoms with Gasteiger partial charge in [-0.05, 0) is 38.1 Å². The summed E-state index contributed by atoms with van der Waals surface area (Å²) in [7, 11) is 0. The minimum atomic E-state index is -0.476. The molecule has 0 aliphatic carbocycles. The quantitative estimate of drug-likeness (QED) is 0.890. The van der Waals surface area contributed by atoms with Crippen LogP contribution in [-0.4, -0.2) is 35.4 Å². The van der Waals surface area contributed by atoms with Crippen LogP contribution < -0.4 is 10.6 Å². The summed E-state index contributed by atoms with van der Waals surface area (Å²) in [6, 6.07) is 8.73. The van der Waals surface area contributed by atoms with Crippen molar-refractivity contribution < 1.29 is 19.1 Å². The number of anilines is 2. The summed E-state index contributed by atoms with van der Waals surface area (Å²) in [6.45, 7) is 4.23. The Morgan fingerprint density at radius 2 is 1.67 bits per heavy atom. The average molecular weight is 332 g/mol. The SMILES string of the molecule is CCOC(=O)Nc1ccccn1.CCOC(=O)Nc1cccnc1. The van der Waals surface area contributed by atoms with E-state index in [2.05, 4.69) is 30.1 Å². The first kappa shape index (κ1) is 18.9. The van der Waals surface area contributed by atoms with Crippen molar-refractivity contribution in [1.82, 2.24) is 9.97 Å². The van der Waals surface area contributed by atoms with Crippen LogP contribution in [0.2, 0.25) is 0 Å². The van der Waals surface area contributed by atoms with Gasteiger partial charge in [-0.3, -0.25) is 15.6 Å². The Hall–Kier alpha value is -3.16. The number of pyridine rings is 2. The van der Waals surface area contributed by atoms with Gasteiger partial charge in [-0.2, -0.15) is 0 Å². The molecule has 0 aliphatic rings. The van der Waals surface area contributed by atoms with Crippen molar-refractivity contribution in [2.24, 2.45) is 0 Å². The van der Waals surface area contributed by atoms with Crippen LogP contribution in [0.5, 0.6) is 0 Å². The summed E-state index contributed by atoms with van der Waals surface area (Å²) >= 11 is 0. The molecule has 2 amide bonds. The van der Waals surface area contributed by atoms with Crippen molar-refractivity contribution in [1.29, 1.82) is 0 Å². The topological polar surface area (TPSA) is 102 Å². The molecule has 0 atom stereocenters. The van der Waals surface area contributed by atoms with E-state index in [0.29, 0.717) is 24.7 Å². The van der Waals surface area contributed by atoms with Crippen LogP contribution in [0.15, 0.2) is 48.9 Å². The van der Waals surface area contributed by atoms with E-state index in [0.717, 1.165) is 0 Å². The molecule has 0 saturated heterocycles. The zero-order valence-corrected chi connectivity index (χ0v) is 13.6. The number of nitrogens with zero attached hydrogens (tertiary/aromatic N) is 2. The van der Waals surface area contributed by atoms with Crippen molar-refractivity contribution in [3.05, 3.63) is 48.9 Å². The fourth-order valence-electron chi connectivity index (χ4n) is 1.43. The molecule has 2 aromatic heterocycles. The number of carbonyl (C=O) groups excluding carboxylic acids is 2. The molecule has 0 bridgehead atoms. The highest BCUT2D eigenvalue weighted by Gasteiger charge is 2.00. The summed E-state index contributed by atoms with van der Waals surface area (Å²) in [4.78, 5) is 29.4. The summed E-state index contributed by atoms with van der Waals surface area (Å²) in [5.74, 6) is 0.496. The molecule has 8 heteroatoms. The van der Waals surface area contributed by atoms with Gasteiger partial charge < -0.3 is 9.47 Å². The lowest BCUT2D eigenvalue weighted by Gasteiger charge is -2.02. The molecule has 128 valence electrons. The van der Waals surface area contributed by atoms with Gasteiger partial charge >= 0.3 is 12.2 Å². The molecule has 0 saturated carbocycles. The normalized spacial score (nSPS) is 9.08. The largest absolute Gasteiger partial charge is 0.450 e. The van der Waals surface area contributed by atoms with Gasteiger partial charge in [0.15, 0.2) is 0 Å². The Balaban J connectivity index is 0.000000240. The lowest BCUT2D eigenvalue weighted by atomic mass is 10.4. The molecule has 24 heavy (non-hydrogen) atoms. The van der Waals surface area contributed by atoms with E-state index in [4.69, 9.17) is 0 Å². The number of nitrogens with one attached hydrogen (secondary N) is 2. The third-order valence-electron chi connectivity index (χ3n) is 2.35. The molecular weight excluding hydrogens is 312 g/mol. The highest BCUT2D eigenvalue weighted by atomic mass is 16.6. The fourth-order valence-corrected chi connectivity index (χ4v) is 1.43. The monoisotopic (exact) mass is 332 g/mol. The lowest BCUT2D eigenvalue weighted by molar-refractivity contribution is 0.167. The van der Waals surface area contributed by atoms with Crippen molar-refractivity contribution in [2.45, 2.75) is 13.8 Å². The van der Waals surface area contributed by atoms with E-state index in [-0.39, 0.29) is 0 Å². The first-order chi connectivity index (χ1) is 11.7. The number of ether oxygens (including phenoxy) is 2. The Bertz CT molecular complexity index is 552. The zero-order chi connectivity index (χ0) is 17.6. The van der Waals surface area contributed by atoms with Crippen LogP contribution in [0, 0.1) is 0 Å². The minimum Gasteiger partial charge on any atom is -0.450 e. The maximum Gasteiger partial charge on any atom is 0.412 e. The Kier molecular flexibility index (Phi) is 8.98. The highest BCUT2D eigenvalue weighted by Crippen LogP contribution is 2.02. The first-order valence-electron chi connectivity index (χ1n) is 7.34. The Morgan fingerprint density at radius 3 is 2.21 bits per heavy atom. The van der Waals surface area contributed by atoms with Crippen LogP contribution in [-0.2, 0) is 9.47 Å². The molecule has 2 aromatic rings. The maximum atomic E-state index is 10.9. The molecule has 2 N–H and O–H groups in total. The van der Waals surface area contributed by atoms with Crippen LogP contribution in [0.4, 0.5) is 21.1 Å². The van der Waals surface area contributed by atoms with Crippen LogP contribution in [0.3, 0.4) is 0 Å². The molecule has 0 unspecified atom stereocenters. The standard InChI is InChI=1S/2C8H10N2O2/c1-2-12-8(11)10-7-4-3-5-9-6-7;1-2-12-8(11)10-7-5-3-4-6-9-7/h3-6H,2H2,1H3,(H,10,11);3-6H,2H2,1H3,(H,9,10,11). The van der Waals surface area contributed by atoms with Gasteiger partial charge in [0.25, 0.3) is 0 Å². The second-order valence-corrected chi connectivity index (χ2v) is 4.15. The summed E-state index contributed by atoms with van der Waals surface area (Å²) in [5.41, 5.74) is 0.635. The summed E-state index contributed by atoms with van der Waals surface area (Å²) in [6.07, 6.45) is 3.86. The van der Waals surface area contributed by atoms with Crippen LogP contribution in [0.1, 0.15) is 13.8 Å². The zero-order valence-electron chi connectivity index (χ0n) is 13.6. The smallest absolute Gasteiger partial charge is 0.412 e. The van der Waals surface area contributed by atoms with E-state index in [1.54, 1.807) is 62.8 Å². The van der Waals surface area contributed by atoms with E-state index in [1.807, 2.05) is 0 Å². The van der Waals surface area contributed by atoms with Crippen LogP contribution >= 0.6 is 0 Å². The molecule has 0 aliphatic heterocycles. The number of hydrogen-bond donors (Lipinski definition) is 2. The van der Waals surface area contributed by atoms with Crippen molar-refractivity contribution in [2.75, 3.05) is 23.8 Å². The van der Waals surface area contributed by atoms with Gasteiger partial charge in [0.05, 0.1) is 25.1 Å². The van der Waals surface area contributed by atoms with Gasteiger partial charge in [-0.15, -0.1) is 0 Å². The summed E-state index contributed by atoms with van der Waals surface area (Å²) in [5, 5.41) is 4.99. The Labute approximate surface area is 140 Å². The van der Waals surface area contributed by atoms with Gasteiger partial charge in [0, 0.05) is 12.4 Å². The number of rotatable bonds is 4. The van der Waals surface area contributed by atoms with Gasteiger partial charge in [0.1, 0.15) is 5.82 Å². The minimum absolute atomic E-state index is 0.360. The third kappa shape index (κ3) is 8.32. The van der Waals surface area contributed by atoms with Crippen LogP contribution in [0.25, 0.3) is 0 Å². The third-order valence-corrected chi connectivity index (χ3v) is 2.35. The van der Waals surface area contributed by atoms with Gasteiger partial charge in [-0.1, -0.05) is 6.07 Å². The van der Waals surface area contributed by atoms with E-state index >= 15 is 0 Å². The van der Waals surface area contributed by atoms with Gasteiger partial charge in [0.2, 0.25) is 0 Å². The van der Waals surface area contributed by atoms with Crippen molar-refractivity contribution in [3.63, 3.8) is 0 Å². The highest BCUT2D eigenvalue weighted by molar-refractivity contribution is 5.84. The number of amides is 2. The summed E-state index contributed by atoms with van der Waals surface area (Å²) < 4.78 is 9.32. The van der Waals surface area contributed by atoms with Crippen molar-refractivity contribution >= 4 is 23.7 Å². The van der Waals surface area contributed by atoms with Gasteiger partial charge in [-0.25, -0.2) is 14.6 Å². The predicted octanol–water partition coefficient (Wildman–Crippen LogP) is 3.30. The number of carbonyl (C=O) groups is 2. The Morgan fingerprint density at radius 1 is 0.958 bits per heavy atom. The lowest BCUT2D eigenvalue weighted by Crippen LogP contribution is -2.13. The first-order valence-corrected chi connectivity index (χ1v) is 7.34. The molecular formula is C16H20N4O4. The molecule has 0 spiro atoms. The molecule has 8 nitrogen and oxygen atoms in total.